The van der Waals surface area contributed by atoms with Crippen molar-refractivity contribution in [2.45, 2.75) is 92.2 Å². The topological polar surface area (TPSA) is 15.6 Å². The Labute approximate surface area is 132 Å². The van der Waals surface area contributed by atoms with E-state index in [1.54, 1.807) is 0 Å². The molecule has 0 aromatic heterocycles. The SMILES string of the molecule is CC(C)/N=C1/C2CCCC(C)(C)CCC2CCN1C(C)C. The summed E-state index contributed by atoms with van der Waals surface area (Å²) in [6.45, 7) is 15.2. The van der Waals surface area contributed by atoms with Crippen LogP contribution in [0.25, 0.3) is 0 Å². The maximum atomic E-state index is 5.07. The average Bonchev–Trinajstić information content (AvgIpc) is 2.35. The number of likely N-dealkylation sites (tertiary alicyclic amines) is 1. The molecule has 122 valence electrons. The van der Waals surface area contributed by atoms with Gasteiger partial charge in [0.15, 0.2) is 0 Å². The van der Waals surface area contributed by atoms with Gasteiger partial charge in [-0.05, 0) is 71.1 Å². The lowest BCUT2D eigenvalue weighted by molar-refractivity contribution is 0.156. The molecule has 1 aliphatic heterocycles. The monoisotopic (exact) mass is 292 g/mol. The zero-order valence-corrected chi connectivity index (χ0v) is 15.2. The molecule has 1 saturated heterocycles. The molecular weight excluding hydrogens is 256 g/mol. The molecule has 21 heavy (non-hydrogen) atoms. The molecule has 1 saturated carbocycles. The molecule has 1 heterocycles. The van der Waals surface area contributed by atoms with E-state index in [0.717, 1.165) is 11.8 Å². The Bertz CT molecular complexity index is 368. The largest absolute Gasteiger partial charge is 0.358 e. The van der Waals surface area contributed by atoms with E-state index in [1.807, 2.05) is 0 Å². The van der Waals surface area contributed by atoms with Crippen molar-refractivity contribution in [3.05, 3.63) is 0 Å². The van der Waals surface area contributed by atoms with Gasteiger partial charge in [0.05, 0.1) is 0 Å². The molecule has 2 unspecified atom stereocenters. The highest BCUT2D eigenvalue weighted by Gasteiger charge is 2.37. The van der Waals surface area contributed by atoms with Crippen LogP contribution in [0.5, 0.6) is 0 Å². The summed E-state index contributed by atoms with van der Waals surface area (Å²) in [5.74, 6) is 3.03. The van der Waals surface area contributed by atoms with Gasteiger partial charge in [-0.3, -0.25) is 4.99 Å². The van der Waals surface area contributed by atoms with Gasteiger partial charge in [-0.2, -0.15) is 0 Å². The van der Waals surface area contributed by atoms with E-state index in [9.17, 15) is 0 Å². The van der Waals surface area contributed by atoms with Crippen LogP contribution in [0.3, 0.4) is 0 Å². The fraction of sp³-hybridized carbons (Fsp3) is 0.947. The van der Waals surface area contributed by atoms with Crippen LogP contribution in [0, 0.1) is 17.3 Å². The Hall–Kier alpha value is -0.530. The lowest BCUT2D eigenvalue weighted by Gasteiger charge is -2.45. The number of nitrogens with zero attached hydrogens (tertiary/aromatic N) is 2. The van der Waals surface area contributed by atoms with E-state index >= 15 is 0 Å². The maximum absolute atomic E-state index is 5.07. The third-order valence-electron chi connectivity index (χ3n) is 5.51. The van der Waals surface area contributed by atoms with Gasteiger partial charge in [-0.15, -0.1) is 0 Å². The smallest absolute Gasteiger partial charge is 0.103 e. The number of fused-ring (bicyclic) bond motifs is 1. The molecular formula is C19H36N2. The molecule has 0 bridgehead atoms. The lowest BCUT2D eigenvalue weighted by Crippen LogP contribution is -2.49. The first kappa shape index (κ1) is 16.8. The third kappa shape index (κ3) is 4.23. The molecule has 0 radical (unpaired) electrons. The third-order valence-corrected chi connectivity index (χ3v) is 5.51. The Morgan fingerprint density at radius 3 is 2.38 bits per heavy atom. The van der Waals surface area contributed by atoms with Gasteiger partial charge in [0.25, 0.3) is 0 Å². The van der Waals surface area contributed by atoms with Gasteiger partial charge in [0.1, 0.15) is 5.84 Å². The summed E-state index contributed by atoms with van der Waals surface area (Å²) in [6, 6.07) is 1.01. The Balaban J connectivity index is 2.21. The summed E-state index contributed by atoms with van der Waals surface area (Å²) < 4.78 is 0. The number of amidine groups is 1. The first-order chi connectivity index (χ1) is 9.80. The van der Waals surface area contributed by atoms with Gasteiger partial charge in [-0.25, -0.2) is 0 Å². The van der Waals surface area contributed by atoms with E-state index in [-0.39, 0.29) is 0 Å². The second-order valence-electron chi connectivity index (χ2n) is 8.62. The summed E-state index contributed by atoms with van der Waals surface area (Å²) in [7, 11) is 0. The summed E-state index contributed by atoms with van der Waals surface area (Å²) >= 11 is 0. The van der Waals surface area contributed by atoms with Crippen molar-refractivity contribution < 1.29 is 0 Å². The van der Waals surface area contributed by atoms with Gasteiger partial charge in [0, 0.05) is 24.5 Å². The van der Waals surface area contributed by atoms with Crippen LogP contribution in [0.15, 0.2) is 4.99 Å². The number of aliphatic imine (C=N–C) groups is 1. The van der Waals surface area contributed by atoms with Crippen LogP contribution in [-0.2, 0) is 0 Å². The minimum Gasteiger partial charge on any atom is -0.358 e. The molecule has 2 aliphatic rings. The van der Waals surface area contributed by atoms with E-state index in [4.69, 9.17) is 4.99 Å². The van der Waals surface area contributed by atoms with Crippen molar-refractivity contribution in [3.8, 4) is 0 Å². The molecule has 0 aromatic rings. The molecule has 0 amide bonds. The fourth-order valence-corrected chi connectivity index (χ4v) is 4.21. The number of piperidine rings is 1. The Morgan fingerprint density at radius 1 is 1.05 bits per heavy atom. The highest BCUT2D eigenvalue weighted by molar-refractivity contribution is 5.86. The Morgan fingerprint density at radius 2 is 1.76 bits per heavy atom. The van der Waals surface area contributed by atoms with Crippen molar-refractivity contribution in [2.24, 2.45) is 22.2 Å². The van der Waals surface area contributed by atoms with Gasteiger partial charge in [-0.1, -0.05) is 20.3 Å². The number of hydrogen-bond acceptors (Lipinski definition) is 1. The van der Waals surface area contributed by atoms with Crippen LogP contribution in [0.1, 0.15) is 80.1 Å². The first-order valence-corrected chi connectivity index (χ1v) is 9.14. The summed E-state index contributed by atoms with van der Waals surface area (Å²) in [5.41, 5.74) is 0.551. The minimum absolute atomic E-state index is 0.418. The zero-order valence-electron chi connectivity index (χ0n) is 15.2. The molecule has 0 aromatic carbocycles. The predicted octanol–water partition coefficient (Wildman–Crippen LogP) is 5.13. The number of rotatable bonds is 2. The van der Waals surface area contributed by atoms with Crippen molar-refractivity contribution in [3.63, 3.8) is 0 Å². The van der Waals surface area contributed by atoms with E-state index < -0.39 is 0 Å². The van der Waals surface area contributed by atoms with Crippen molar-refractivity contribution in [2.75, 3.05) is 6.54 Å². The highest BCUT2D eigenvalue weighted by atomic mass is 15.2. The van der Waals surface area contributed by atoms with Crippen molar-refractivity contribution in [1.82, 2.24) is 4.90 Å². The van der Waals surface area contributed by atoms with Crippen molar-refractivity contribution in [1.29, 1.82) is 0 Å². The fourth-order valence-electron chi connectivity index (χ4n) is 4.21. The summed E-state index contributed by atoms with van der Waals surface area (Å²) in [5, 5.41) is 0. The van der Waals surface area contributed by atoms with Crippen LogP contribution in [0.2, 0.25) is 0 Å². The summed E-state index contributed by atoms with van der Waals surface area (Å²) in [6.07, 6.45) is 8.27. The standard InChI is InChI=1S/C19H36N2/c1-14(2)20-18-17-8-7-11-19(5,6)12-9-16(17)10-13-21(18)15(3)4/h14-17H,7-13H2,1-6H3/b20-18-. The second kappa shape index (κ2) is 6.71. The van der Waals surface area contributed by atoms with Crippen LogP contribution >= 0.6 is 0 Å². The zero-order chi connectivity index (χ0) is 15.6. The first-order valence-electron chi connectivity index (χ1n) is 9.14. The molecule has 2 atom stereocenters. The van der Waals surface area contributed by atoms with Crippen molar-refractivity contribution >= 4 is 5.84 Å². The van der Waals surface area contributed by atoms with Gasteiger partial charge >= 0.3 is 0 Å². The molecule has 0 N–H and O–H groups in total. The quantitative estimate of drug-likeness (QED) is 0.689. The molecule has 2 heteroatoms. The molecule has 0 spiro atoms. The Kier molecular flexibility index (Phi) is 5.38. The van der Waals surface area contributed by atoms with Crippen LogP contribution in [0.4, 0.5) is 0 Å². The van der Waals surface area contributed by atoms with E-state index in [0.29, 0.717) is 17.5 Å². The normalized spacial score (nSPS) is 32.2. The second-order valence-corrected chi connectivity index (χ2v) is 8.62. The predicted molar refractivity (Wildman–Crippen MR) is 92.9 cm³/mol. The maximum Gasteiger partial charge on any atom is 0.103 e. The van der Waals surface area contributed by atoms with E-state index in [2.05, 4.69) is 46.4 Å². The van der Waals surface area contributed by atoms with Gasteiger partial charge < -0.3 is 4.90 Å². The molecule has 2 fully saturated rings. The lowest BCUT2D eigenvalue weighted by atomic mass is 9.70. The number of hydrogen-bond donors (Lipinski definition) is 0. The molecule has 1 aliphatic carbocycles. The summed E-state index contributed by atoms with van der Waals surface area (Å²) in [4.78, 5) is 7.67. The van der Waals surface area contributed by atoms with Crippen LogP contribution < -0.4 is 0 Å². The average molecular weight is 293 g/mol. The molecule has 2 rings (SSSR count). The van der Waals surface area contributed by atoms with Gasteiger partial charge in [0.2, 0.25) is 0 Å². The van der Waals surface area contributed by atoms with E-state index in [1.165, 1.54) is 50.9 Å². The molecule has 2 nitrogen and oxygen atoms in total. The minimum atomic E-state index is 0.418. The highest BCUT2D eigenvalue weighted by Crippen LogP contribution is 2.41. The van der Waals surface area contributed by atoms with Crippen LogP contribution in [-0.4, -0.2) is 29.4 Å².